The molecule has 0 bridgehead atoms. The van der Waals surface area contributed by atoms with Crippen LogP contribution in [-0.4, -0.2) is 28.5 Å². The van der Waals surface area contributed by atoms with E-state index in [1.807, 2.05) is 0 Å². The number of rotatable bonds is 4. The number of hydrogen-bond donors (Lipinski definition) is 0. The number of pyridine rings is 1. The van der Waals surface area contributed by atoms with Crippen LogP contribution < -0.4 is 4.90 Å². The van der Waals surface area contributed by atoms with E-state index >= 15 is 0 Å². The molecule has 4 nitrogen and oxygen atoms in total. The van der Waals surface area contributed by atoms with Gasteiger partial charge in [-0.15, -0.1) is 0 Å². The lowest BCUT2D eigenvalue weighted by atomic mass is 9.70. The Balaban J connectivity index is 1.65. The molecule has 0 saturated carbocycles. The van der Waals surface area contributed by atoms with Crippen molar-refractivity contribution in [2.45, 2.75) is 57.9 Å². The molecular formula is C42H44N4. The molecular weight excluding hydrogens is 560 g/mol. The fourth-order valence-corrected chi connectivity index (χ4v) is 6.99. The van der Waals surface area contributed by atoms with Gasteiger partial charge >= 0.3 is 0 Å². The van der Waals surface area contributed by atoms with E-state index in [0.717, 1.165) is 29.3 Å². The SMILES string of the molecule is CN1C=CN(C2(c3cccc(-c4ccccc4)n3)c3cc(C(C)(C)C)ccc3N(c3ccccc3)c3ccc(C(C)(C)C)cc32)C1. The maximum Gasteiger partial charge on any atom is 0.138 e. The van der Waals surface area contributed by atoms with Gasteiger partial charge < -0.3 is 14.7 Å². The van der Waals surface area contributed by atoms with Crippen LogP contribution in [0.1, 0.15) is 69.5 Å². The predicted octanol–water partition coefficient (Wildman–Crippen LogP) is 10.1. The maximum atomic E-state index is 5.58. The standard InChI is InChI=1S/C42H44N4/c1-40(2,3)31-21-23-37-34(27-31)42(45-26-25-44(7)29-45,39-20-14-19-36(43-39)30-15-10-8-11-16-30)35-28-32(41(4,5)6)22-24-38(35)46(37)33-17-12-9-13-18-33/h8-28H,29H2,1-7H3. The Labute approximate surface area is 274 Å². The van der Waals surface area contributed by atoms with Crippen LogP contribution in [0, 0.1) is 0 Å². The van der Waals surface area contributed by atoms with Gasteiger partial charge in [0.25, 0.3) is 0 Å². The molecule has 0 radical (unpaired) electrons. The highest BCUT2D eigenvalue weighted by Crippen LogP contribution is 2.57. The summed E-state index contributed by atoms with van der Waals surface area (Å²) >= 11 is 0. The molecule has 0 atom stereocenters. The molecule has 5 aromatic rings. The van der Waals surface area contributed by atoms with Crippen molar-refractivity contribution >= 4 is 17.1 Å². The third-order valence-electron chi connectivity index (χ3n) is 9.50. The van der Waals surface area contributed by atoms with E-state index in [9.17, 15) is 0 Å². The van der Waals surface area contributed by atoms with E-state index in [1.54, 1.807) is 0 Å². The van der Waals surface area contributed by atoms with Gasteiger partial charge in [0.2, 0.25) is 0 Å². The van der Waals surface area contributed by atoms with Crippen molar-refractivity contribution in [1.29, 1.82) is 0 Å². The Morgan fingerprint density at radius 1 is 0.609 bits per heavy atom. The summed E-state index contributed by atoms with van der Waals surface area (Å²) in [6, 6.07) is 42.1. The van der Waals surface area contributed by atoms with Crippen LogP contribution in [0.2, 0.25) is 0 Å². The molecule has 0 unspecified atom stereocenters. The summed E-state index contributed by atoms with van der Waals surface area (Å²) in [6.07, 6.45) is 4.45. The minimum absolute atomic E-state index is 0.0389. The number of benzene rings is 4. The molecule has 7 rings (SSSR count). The predicted molar refractivity (Wildman–Crippen MR) is 192 cm³/mol. The van der Waals surface area contributed by atoms with Crippen LogP contribution in [0.25, 0.3) is 11.3 Å². The van der Waals surface area contributed by atoms with Gasteiger partial charge in [-0.25, -0.2) is 4.98 Å². The summed E-state index contributed by atoms with van der Waals surface area (Å²) in [5.41, 5.74) is 10.9. The molecule has 0 amide bonds. The average Bonchev–Trinajstić information content (AvgIpc) is 3.49. The van der Waals surface area contributed by atoms with Gasteiger partial charge in [0.1, 0.15) is 5.54 Å². The Bertz CT molecular complexity index is 1850. The highest BCUT2D eigenvalue weighted by atomic mass is 15.4. The molecule has 0 spiro atoms. The Kier molecular flexibility index (Phi) is 7.08. The second-order valence-corrected chi connectivity index (χ2v) is 14.8. The van der Waals surface area contributed by atoms with Gasteiger partial charge in [-0.1, -0.05) is 120 Å². The first kappa shape index (κ1) is 29.9. The van der Waals surface area contributed by atoms with E-state index in [0.29, 0.717) is 0 Å². The minimum atomic E-state index is -0.704. The normalized spacial score (nSPS) is 15.6. The first-order chi connectivity index (χ1) is 22.0. The maximum absolute atomic E-state index is 5.58. The lowest BCUT2D eigenvalue weighted by Crippen LogP contribution is -2.50. The molecule has 2 aliphatic heterocycles. The largest absolute Gasteiger partial charge is 0.362 e. The van der Waals surface area contributed by atoms with Gasteiger partial charge in [-0.3, -0.25) is 0 Å². The quantitative estimate of drug-likeness (QED) is 0.204. The average molecular weight is 605 g/mol. The van der Waals surface area contributed by atoms with Gasteiger partial charge in [-0.05, 0) is 58.4 Å². The van der Waals surface area contributed by atoms with Crippen LogP contribution in [0.15, 0.2) is 128 Å². The number of hydrogen-bond acceptors (Lipinski definition) is 4. The first-order valence-corrected chi connectivity index (χ1v) is 16.3. The van der Waals surface area contributed by atoms with Crippen LogP contribution >= 0.6 is 0 Å². The van der Waals surface area contributed by atoms with Gasteiger partial charge in [0.15, 0.2) is 0 Å². The second kappa shape index (κ2) is 10.9. The van der Waals surface area contributed by atoms with E-state index in [4.69, 9.17) is 4.98 Å². The van der Waals surface area contributed by atoms with E-state index in [2.05, 4.69) is 191 Å². The highest BCUT2D eigenvalue weighted by molar-refractivity contribution is 5.88. The molecule has 3 heterocycles. The molecule has 0 N–H and O–H groups in total. The van der Waals surface area contributed by atoms with Gasteiger partial charge in [0.05, 0.1) is 29.4 Å². The Morgan fingerprint density at radius 3 is 1.70 bits per heavy atom. The van der Waals surface area contributed by atoms with Crippen molar-refractivity contribution in [1.82, 2.24) is 14.8 Å². The molecule has 46 heavy (non-hydrogen) atoms. The fourth-order valence-electron chi connectivity index (χ4n) is 6.99. The topological polar surface area (TPSA) is 22.6 Å². The number of para-hydroxylation sites is 1. The highest BCUT2D eigenvalue weighted by Gasteiger charge is 2.51. The van der Waals surface area contributed by atoms with E-state index < -0.39 is 5.54 Å². The molecule has 0 aliphatic carbocycles. The number of aromatic nitrogens is 1. The zero-order valence-electron chi connectivity index (χ0n) is 28.1. The summed E-state index contributed by atoms with van der Waals surface area (Å²) in [7, 11) is 2.15. The summed E-state index contributed by atoms with van der Waals surface area (Å²) in [6.45, 7) is 14.6. The number of fused-ring (bicyclic) bond motifs is 2. The first-order valence-electron chi connectivity index (χ1n) is 16.3. The third kappa shape index (κ3) is 4.88. The zero-order chi connectivity index (χ0) is 32.3. The van der Waals surface area contributed by atoms with Crippen LogP contribution in [0.3, 0.4) is 0 Å². The molecule has 4 heteroatoms. The molecule has 232 valence electrons. The Morgan fingerprint density at radius 2 is 1.17 bits per heavy atom. The van der Waals surface area contributed by atoms with E-state index in [-0.39, 0.29) is 10.8 Å². The van der Waals surface area contributed by atoms with Crippen molar-refractivity contribution in [3.63, 3.8) is 0 Å². The van der Waals surface area contributed by atoms with Gasteiger partial charge in [-0.2, -0.15) is 0 Å². The number of nitrogens with zero attached hydrogens (tertiary/aromatic N) is 4. The zero-order valence-corrected chi connectivity index (χ0v) is 28.1. The van der Waals surface area contributed by atoms with Crippen LogP contribution in [0.5, 0.6) is 0 Å². The summed E-state index contributed by atoms with van der Waals surface area (Å²) in [5, 5.41) is 0. The molecule has 0 fully saturated rings. The van der Waals surface area contributed by atoms with E-state index in [1.165, 1.54) is 33.6 Å². The van der Waals surface area contributed by atoms with Crippen LogP contribution in [0.4, 0.5) is 17.1 Å². The lowest BCUT2D eigenvalue weighted by molar-refractivity contribution is 0.189. The van der Waals surface area contributed by atoms with Crippen LogP contribution in [-0.2, 0) is 16.4 Å². The monoisotopic (exact) mass is 604 g/mol. The summed E-state index contributed by atoms with van der Waals surface area (Å²) < 4.78 is 0. The second-order valence-electron chi connectivity index (χ2n) is 14.8. The van der Waals surface area contributed by atoms with Crippen molar-refractivity contribution in [2.24, 2.45) is 0 Å². The molecule has 1 aromatic heterocycles. The number of anilines is 3. The Hall–Kier alpha value is -4.83. The summed E-state index contributed by atoms with van der Waals surface area (Å²) in [5.74, 6) is 0. The molecule has 0 saturated heterocycles. The molecule has 4 aromatic carbocycles. The minimum Gasteiger partial charge on any atom is -0.362 e. The van der Waals surface area contributed by atoms with Crippen molar-refractivity contribution < 1.29 is 0 Å². The smallest absolute Gasteiger partial charge is 0.138 e. The van der Waals surface area contributed by atoms with Crippen molar-refractivity contribution in [3.8, 4) is 11.3 Å². The molecule has 2 aliphatic rings. The van der Waals surface area contributed by atoms with Crippen molar-refractivity contribution in [2.75, 3.05) is 18.6 Å². The fraction of sp³-hybridized carbons (Fsp3) is 0.262. The lowest BCUT2D eigenvalue weighted by Gasteiger charge is -2.50. The third-order valence-corrected chi connectivity index (χ3v) is 9.50. The van der Waals surface area contributed by atoms with Crippen molar-refractivity contribution in [3.05, 3.63) is 156 Å². The summed E-state index contributed by atoms with van der Waals surface area (Å²) in [4.78, 5) is 12.8. The van der Waals surface area contributed by atoms with Gasteiger partial charge in [0, 0.05) is 41.8 Å².